The summed E-state index contributed by atoms with van der Waals surface area (Å²) in [6.07, 6.45) is 4.17. The normalized spacial score (nSPS) is 18.6. The summed E-state index contributed by atoms with van der Waals surface area (Å²) in [5.41, 5.74) is 0.639. The molecule has 1 aliphatic rings. The summed E-state index contributed by atoms with van der Waals surface area (Å²) in [5.74, 6) is -1.04. The highest BCUT2D eigenvalue weighted by molar-refractivity contribution is 5.97. The number of hydrogen-bond donors (Lipinski definition) is 1. The molecule has 1 amide bonds. The van der Waals surface area contributed by atoms with Gasteiger partial charge < -0.3 is 10.0 Å². The largest absolute Gasteiger partial charge is 0.478 e. The molecule has 0 saturated carbocycles. The van der Waals surface area contributed by atoms with E-state index in [0.29, 0.717) is 11.6 Å². The molecule has 1 aromatic carbocycles. The topological polar surface area (TPSA) is 57.6 Å². The number of carboxylic acids is 1. The number of carboxylic acid groups (broad SMARTS) is 1. The van der Waals surface area contributed by atoms with Crippen LogP contribution in [0.3, 0.4) is 0 Å². The maximum Gasteiger partial charge on any atom is 0.335 e. The highest BCUT2D eigenvalue weighted by Gasteiger charge is 2.28. The van der Waals surface area contributed by atoms with E-state index < -0.39 is 5.97 Å². The third-order valence-corrected chi connectivity index (χ3v) is 3.62. The van der Waals surface area contributed by atoms with E-state index in [4.69, 9.17) is 5.11 Å². The van der Waals surface area contributed by atoms with Crippen LogP contribution >= 0.6 is 0 Å². The smallest absolute Gasteiger partial charge is 0.335 e. The predicted octanol–water partition coefficient (Wildman–Crippen LogP) is 2.79. The quantitative estimate of drug-likeness (QED) is 0.906. The SMILES string of the molecule is CCCC1CCCN1C(=O)c1cccc(C(=O)O)c1. The van der Waals surface area contributed by atoms with E-state index in [-0.39, 0.29) is 11.5 Å². The van der Waals surface area contributed by atoms with Gasteiger partial charge in [-0.25, -0.2) is 4.79 Å². The minimum Gasteiger partial charge on any atom is -0.478 e. The summed E-state index contributed by atoms with van der Waals surface area (Å²) in [6.45, 7) is 2.90. The van der Waals surface area contributed by atoms with Crippen LogP contribution in [0.15, 0.2) is 24.3 Å². The van der Waals surface area contributed by atoms with Crippen LogP contribution in [-0.4, -0.2) is 34.5 Å². The average Bonchev–Trinajstić information content (AvgIpc) is 2.86. The Kier molecular flexibility index (Phi) is 4.20. The first-order valence-corrected chi connectivity index (χ1v) is 6.77. The number of amides is 1. The molecule has 1 aromatic rings. The number of rotatable bonds is 4. The van der Waals surface area contributed by atoms with Gasteiger partial charge in [-0.2, -0.15) is 0 Å². The van der Waals surface area contributed by atoms with E-state index in [1.807, 2.05) is 4.90 Å². The van der Waals surface area contributed by atoms with E-state index in [1.54, 1.807) is 12.1 Å². The molecule has 4 nitrogen and oxygen atoms in total. The highest BCUT2D eigenvalue weighted by atomic mass is 16.4. The molecule has 102 valence electrons. The fraction of sp³-hybridized carbons (Fsp3) is 0.467. The van der Waals surface area contributed by atoms with Gasteiger partial charge in [0.2, 0.25) is 0 Å². The lowest BCUT2D eigenvalue weighted by Gasteiger charge is -2.24. The predicted molar refractivity (Wildman–Crippen MR) is 72.4 cm³/mol. The Balaban J connectivity index is 2.19. The maximum absolute atomic E-state index is 12.4. The molecule has 1 heterocycles. The number of carbonyl (C=O) groups is 2. The fourth-order valence-corrected chi connectivity index (χ4v) is 2.69. The van der Waals surface area contributed by atoms with E-state index in [2.05, 4.69) is 6.92 Å². The van der Waals surface area contributed by atoms with Crippen LogP contribution in [0.25, 0.3) is 0 Å². The minimum absolute atomic E-state index is 0.0425. The Hall–Kier alpha value is -1.84. The molecule has 1 atom stereocenters. The van der Waals surface area contributed by atoms with E-state index in [9.17, 15) is 9.59 Å². The van der Waals surface area contributed by atoms with Gasteiger partial charge in [0.15, 0.2) is 0 Å². The Bertz CT molecular complexity index is 484. The molecule has 1 fully saturated rings. The number of likely N-dealkylation sites (tertiary alicyclic amines) is 1. The number of aromatic carboxylic acids is 1. The first-order valence-electron chi connectivity index (χ1n) is 6.77. The molecule has 1 saturated heterocycles. The van der Waals surface area contributed by atoms with Crippen LogP contribution in [0.2, 0.25) is 0 Å². The summed E-state index contributed by atoms with van der Waals surface area (Å²) < 4.78 is 0. The van der Waals surface area contributed by atoms with Gasteiger partial charge in [0.05, 0.1) is 5.56 Å². The fourth-order valence-electron chi connectivity index (χ4n) is 2.69. The summed E-state index contributed by atoms with van der Waals surface area (Å²) in [4.78, 5) is 25.3. The van der Waals surface area contributed by atoms with Crippen molar-refractivity contribution in [2.24, 2.45) is 0 Å². The Labute approximate surface area is 113 Å². The molecular formula is C15H19NO3. The lowest BCUT2D eigenvalue weighted by atomic mass is 10.1. The zero-order valence-corrected chi connectivity index (χ0v) is 11.1. The molecule has 1 N–H and O–H groups in total. The van der Waals surface area contributed by atoms with Crippen molar-refractivity contribution in [3.63, 3.8) is 0 Å². The first-order chi connectivity index (χ1) is 9.13. The monoisotopic (exact) mass is 261 g/mol. The van der Waals surface area contributed by atoms with Crippen LogP contribution in [0.4, 0.5) is 0 Å². The standard InChI is InChI=1S/C15H19NO3/c1-2-5-13-8-4-9-16(13)14(17)11-6-3-7-12(10-11)15(18)19/h3,6-7,10,13H,2,4-5,8-9H2,1H3,(H,18,19). The van der Waals surface area contributed by atoms with Gasteiger partial charge in [-0.05, 0) is 37.5 Å². The van der Waals surface area contributed by atoms with E-state index in [0.717, 1.165) is 32.2 Å². The summed E-state index contributed by atoms with van der Waals surface area (Å²) in [7, 11) is 0. The van der Waals surface area contributed by atoms with Crippen LogP contribution in [0.5, 0.6) is 0 Å². The second-order valence-electron chi connectivity index (χ2n) is 4.97. The second-order valence-corrected chi connectivity index (χ2v) is 4.97. The Morgan fingerprint density at radius 1 is 1.37 bits per heavy atom. The van der Waals surface area contributed by atoms with E-state index in [1.165, 1.54) is 12.1 Å². The number of nitrogens with zero attached hydrogens (tertiary/aromatic N) is 1. The summed E-state index contributed by atoms with van der Waals surface area (Å²) >= 11 is 0. The van der Waals surface area contributed by atoms with Crippen molar-refractivity contribution < 1.29 is 14.7 Å². The molecule has 0 aromatic heterocycles. The zero-order chi connectivity index (χ0) is 13.8. The third kappa shape index (κ3) is 2.95. The average molecular weight is 261 g/mol. The van der Waals surface area contributed by atoms with Crippen LogP contribution in [0, 0.1) is 0 Å². The van der Waals surface area contributed by atoms with Crippen LogP contribution in [-0.2, 0) is 0 Å². The lowest BCUT2D eigenvalue weighted by molar-refractivity contribution is 0.0697. The molecule has 0 aliphatic carbocycles. The molecular weight excluding hydrogens is 242 g/mol. The minimum atomic E-state index is -0.999. The number of carbonyl (C=O) groups excluding carboxylic acids is 1. The van der Waals surface area contributed by atoms with Gasteiger partial charge in [-0.1, -0.05) is 19.4 Å². The van der Waals surface area contributed by atoms with Gasteiger partial charge in [-0.15, -0.1) is 0 Å². The molecule has 2 rings (SSSR count). The lowest BCUT2D eigenvalue weighted by Crippen LogP contribution is -2.35. The Morgan fingerprint density at radius 3 is 2.79 bits per heavy atom. The summed E-state index contributed by atoms with van der Waals surface area (Å²) in [6, 6.07) is 6.60. The molecule has 0 radical (unpaired) electrons. The molecule has 1 aliphatic heterocycles. The van der Waals surface area contributed by atoms with Crippen molar-refractivity contribution in [3.8, 4) is 0 Å². The van der Waals surface area contributed by atoms with Crippen molar-refractivity contribution in [2.45, 2.75) is 38.6 Å². The van der Waals surface area contributed by atoms with Gasteiger partial charge in [0.1, 0.15) is 0 Å². The van der Waals surface area contributed by atoms with Crippen molar-refractivity contribution in [1.29, 1.82) is 0 Å². The van der Waals surface area contributed by atoms with Crippen molar-refractivity contribution >= 4 is 11.9 Å². The van der Waals surface area contributed by atoms with Crippen LogP contribution < -0.4 is 0 Å². The molecule has 1 unspecified atom stereocenters. The summed E-state index contributed by atoms with van der Waals surface area (Å²) in [5, 5.41) is 8.97. The highest BCUT2D eigenvalue weighted by Crippen LogP contribution is 2.23. The second kappa shape index (κ2) is 5.87. The van der Waals surface area contributed by atoms with Gasteiger partial charge in [0.25, 0.3) is 5.91 Å². The third-order valence-electron chi connectivity index (χ3n) is 3.62. The van der Waals surface area contributed by atoms with Crippen LogP contribution in [0.1, 0.15) is 53.3 Å². The number of benzene rings is 1. The Morgan fingerprint density at radius 2 is 2.11 bits per heavy atom. The molecule has 0 spiro atoms. The maximum atomic E-state index is 12.4. The molecule has 4 heteroatoms. The van der Waals surface area contributed by atoms with Gasteiger partial charge >= 0.3 is 5.97 Å². The molecule has 19 heavy (non-hydrogen) atoms. The van der Waals surface area contributed by atoms with Gasteiger partial charge in [0, 0.05) is 18.2 Å². The van der Waals surface area contributed by atoms with Crippen molar-refractivity contribution in [3.05, 3.63) is 35.4 Å². The van der Waals surface area contributed by atoms with E-state index >= 15 is 0 Å². The molecule has 0 bridgehead atoms. The number of hydrogen-bond acceptors (Lipinski definition) is 2. The van der Waals surface area contributed by atoms with Gasteiger partial charge in [-0.3, -0.25) is 4.79 Å². The first kappa shape index (κ1) is 13.6. The van der Waals surface area contributed by atoms with Crippen molar-refractivity contribution in [1.82, 2.24) is 4.90 Å². The van der Waals surface area contributed by atoms with Crippen molar-refractivity contribution in [2.75, 3.05) is 6.54 Å². The zero-order valence-electron chi connectivity index (χ0n) is 11.1.